The quantitative estimate of drug-likeness (QED) is 0.493. The predicted octanol–water partition coefficient (Wildman–Crippen LogP) is 4.94. The summed E-state index contributed by atoms with van der Waals surface area (Å²) < 4.78 is 0.899. The fourth-order valence-corrected chi connectivity index (χ4v) is 5.33. The molecule has 0 atom stereocenters. The van der Waals surface area contributed by atoms with E-state index in [1.807, 2.05) is 6.07 Å². The number of rotatable bonds is 5. The molecule has 1 saturated carbocycles. The maximum Gasteiger partial charge on any atom is 0.206 e. The Morgan fingerprint density at radius 3 is 2.76 bits per heavy atom. The lowest BCUT2D eigenvalue weighted by Gasteiger charge is -1.97. The summed E-state index contributed by atoms with van der Waals surface area (Å²) in [5.74, 6) is 0. The first kappa shape index (κ1) is 15.2. The summed E-state index contributed by atoms with van der Waals surface area (Å²) in [4.78, 5) is 11.1. The van der Waals surface area contributed by atoms with Crippen LogP contribution in [0.4, 0.5) is 5.13 Å². The van der Waals surface area contributed by atoms with Gasteiger partial charge >= 0.3 is 0 Å². The Kier molecular flexibility index (Phi) is 3.88. The fourth-order valence-electron chi connectivity index (χ4n) is 2.45. The Morgan fingerprint density at radius 2 is 1.92 bits per heavy atom. The van der Waals surface area contributed by atoms with Crippen LogP contribution >= 0.6 is 34.4 Å². The van der Waals surface area contributed by atoms with E-state index < -0.39 is 0 Å². The zero-order valence-electron chi connectivity index (χ0n) is 13.0. The highest BCUT2D eigenvalue weighted by molar-refractivity contribution is 8.01. The third-order valence-corrected chi connectivity index (χ3v) is 6.86. The van der Waals surface area contributed by atoms with Gasteiger partial charge < -0.3 is 5.32 Å². The standard InChI is InChI=1S/C17H13N5S3/c1-2-4-10(5-3-1)13-8-12-14(23-13)18-9-19-15(12)24-17-22-21-16(25-17)20-11-6-7-11/h1-5,8-9,11H,6-7H2,(H,20,21). The first-order valence-electron chi connectivity index (χ1n) is 7.93. The number of nitrogens with zero attached hydrogens (tertiary/aromatic N) is 4. The van der Waals surface area contributed by atoms with Gasteiger partial charge in [0.15, 0.2) is 4.34 Å². The maximum atomic E-state index is 4.47. The number of aromatic nitrogens is 4. The molecule has 1 N–H and O–H groups in total. The molecule has 5 nitrogen and oxygen atoms in total. The monoisotopic (exact) mass is 383 g/mol. The summed E-state index contributed by atoms with van der Waals surface area (Å²) in [6.07, 6.45) is 4.08. The lowest BCUT2D eigenvalue weighted by molar-refractivity contribution is 0.991. The lowest BCUT2D eigenvalue weighted by Crippen LogP contribution is -1.99. The smallest absolute Gasteiger partial charge is 0.206 e. The first-order valence-corrected chi connectivity index (χ1v) is 10.4. The van der Waals surface area contributed by atoms with E-state index >= 15 is 0 Å². The Labute approximate surface area is 156 Å². The van der Waals surface area contributed by atoms with E-state index in [1.54, 1.807) is 40.8 Å². The van der Waals surface area contributed by atoms with Crippen LogP contribution in [-0.4, -0.2) is 26.2 Å². The van der Waals surface area contributed by atoms with Gasteiger partial charge in [-0.25, -0.2) is 9.97 Å². The van der Waals surface area contributed by atoms with Crippen LogP contribution in [0.3, 0.4) is 0 Å². The Balaban J connectivity index is 1.46. The topological polar surface area (TPSA) is 63.6 Å². The summed E-state index contributed by atoms with van der Waals surface area (Å²) in [6, 6.07) is 13.1. The second kappa shape index (κ2) is 6.36. The molecule has 1 aromatic carbocycles. The SMILES string of the molecule is c1ccc(-c2cc3c(Sc4nnc(NC5CC5)s4)ncnc3s2)cc1. The minimum atomic E-state index is 0.585. The van der Waals surface area contributed by atoms with Crippen molar-refractivity contribution in [2.75, 3.05) is 5.32 Å². The molecule has 1 aliphatic rings. The molecule has 0 saturated heterocycles. The molecule has 3 heterocycles. The van der Waals surface area contributed by atoms with Crippen molar-refractivity contribution in [3.05, 3.63) is 42.7 Å². The van der Waals surface area contributed by atoms with E-state index in [0.29, 0.717) is 6.04 Å². The normalized spacial score (nSPS) is 14.1. The van der Waals surface area contributed by atoms with E-state index in [2.05, 4.69) is 55.8 Å². The van der Waals surface area contributed by atoms with Gasteiger partial charge in [-0.3, -0.25) is 0 Å². The number of anilines is 1. The van der Waals surface area contributed by atoms with Crippen LogP contribution in [0, 0.1) is 0 Å². The van der Waals surface area contributed by atoms with Gasteiger partial charge in [-0.05, 0) is 36.2 Å². The highest BCUT2D eigenvalue weighted by Crippen LogP contribution is 2.39. The first-order chi connectivity index (χ1) is 12.3. The molecular formula is C17H13N5S3. The molecule has 5 rings (SSSR count). The zero-order valence-corrected chi connectivity index (χ0v) is 15.5. The van der Waals surface area contributed by atoms with E-state index in [1.165, 1.54) is 23.3 Å². The second-order valence-corrected chi connectivity index (χ2v) is 9.01. The Morgan fingerprint density at radius 1 is 1.04 bits per heavy atom. The summed E-state index contributed by atoms with van der Waals surface area (Å²) in [5, 5.41) is 14.8. The van der Waals surface area contributed by atoms with Gasteiger partial charge in [-0.1, -0.05) is 41.7 Å². The number of hydrogen-bond acceptors (Lipinski definition) is 8. The van der Waals surface area contributed by atoms with Crippen molar-refractivity contribution in [2.45, 2.75) is 28.2 Å². The molecule has 3 aromatic heterocycles. The van der Waals surface area contributed by atoms with Crippen molar-refractivity contribution >= 4 is 49.8 Å². The fraction of sp³-hybridized carbons (Fsp3) is 0.176. The number of nitrogens with one attached hydrogen (secondary N) is 1. The summed E-state index contributed by atoms with van der Waals surface area (Å²) in [6.45, 7) is 0. The van der Waals surface area contributed by atoms with E-state index in [4.69, 9.17) is 0 Å². The largest absolute Gasteiger partial charge is 0.357 e. The average Bonchev–Trinajstić information content (AvgIpc) is 3.17. The van der Waals surface area contributed by atoms with Crippen molar-refractivity contribution in [2.24, 2.45) is 0 Å². The van der Waals surface area contributed by atoms with Gasteiger partial charge in [0.2, 0.25) is 5.13 Å². The summed E-state index contributed by atoms with van der Waals surface area (Å²) >= 11 is 4.82. The number of fused-ring (bicyclic) bond motifs is 1. The maximum absolute atomic E-state index is 4.47. The zero-order chi connectivity index (χ0) is 16.6. The lowest BCUT2D eigenvalue weighted by atomic mass is 10.2. The van der Waals surface area contributed by atoms with Crippen LogP contribution in [0.1, 0.15) is 12.8 Å². The molecule has 8 heteroatoms. The van der Waals surface area contributed by atoms with Gasteiger partial charge in [-0.2, -0.15) is 0 Å². The van der Waals surface area contributed by atoms with Gasteiger partial charge in [0.1, 0.15) is 16.2 Å². The molecule has 124 valence electrons. The van der Waals surface area contributed by atoms with E-state index in [9.17, 15) is 0 Å². The molecule has 4 aromatic rings. The van der Waals surface area contributed by atoms with Crippen molar-refractivity contribution in [1.82, 2.24) is 20.2 Å². The van der Waals surface area contributed by atoms with E-state index in [-0.39, 0.29) is 0 Å². The summed E-state index contributed by atoms with van der Waals surface area (Å²) in [7, 11) is 0. The number of hydrogen-bond donors (Lipinski definition) is 1. The number of thiophene rings is 1. The summed E-state index contributed by atoms with van der Waals surface area (Å²) in [5.41, 5.74) is 1.20. The van der Waals surface area contributed by atoms with Crippen LogP contribution in [0.15, 0.2) is 52.1 Å². The Bertz CT molecular complexity index is 1020. The van der Waals surface area contributed by atoms with Crippen molar-refractivity contribution in [3.63, 3.8) is 0 Å². The molecule has 0 spiro atoms. The van der Waals surface area contributed by atoms with Crippen LogP contribution < -0.4 is 5.32 Å². The molecule has 0 aliphatic heterocycles. The molecule has 0 radical (unpaired) electrons. The van der Waals surface area contributed by atoms with Gasteiger partial charge in [-0.15, -0.1) is 21.5 Å². The number of benzene rings is 1. The van der Waals surface area contributed by atoms with E-state index in [0.717, 1.165) is 24.7 Å². The second-order valence-electron chi connectivity index (χ2n) is 5.77. The van der Waals surface area contributed by atoms with Gasteiger partial charge in [0, 0.05) is 16.3 Å². The third kappa shape index (κ3) is 3.24. The minimum absolute atomic E-state index is 0.585. The van der Waals surface area contributed by atoms with Gasteiger partial charge in [0.05, 0.1) is 0 Å². The highest BCUT2D eigenvalue weighted by atomic mass is 32.2. The molecule has 0 bridgehead atoms. The molecule has 1 aliphatic carbocycles. The van der Waals surface area contributed by atoms with Crippen LogP contribution in [0.25, 0.3) is 20.7 Å². The third-order valence-electron chi connectivity index (χ3n) is 3.85. The molecule has 1 fully saturated rings. The van der Waals surface area contributed by atoms with Crippen LogP contribution in [0.5, 0.6) is 0 Å². The molecule has 0 unspecified atom stereocenters. The highest BCUT2D eigenvalue weighted by Gasteiger charge is 2.22. The molecule has 0 amide bonds. The van der Waals surface area contributed by atoms with Crippen molar-refractivity contribution < 1.29 is 0 Å². The molecular weight excluding hydrogens is 370 g/mol. The van der Waals surface area contributed by atoms with Crippen molar-refractivity contribution in [1.29, 1.82) is 0 Å². The average molecular weight is 384 g/mol. The Hall–Kier alpha value is -2.03. The predicted molar refractivity (Wildman–Crippen MR) is 104 cm³/mol. The minimum Gasteiger partial charge on any atom is -0.357 e. The van der Waals surface area contributed by atoms with Gasteiger partial charge in [0.25, 0.3) is 0 Å². The van der Waals surface area contributed by atoms with Crippen LogP contribution in [-0.2, 0) is 0 Å². The van der Waals surface area contributed by atoms with Crippen LogP contribution in [0.2, 0.25) is 0 Å². The van der Waals surface area contributed by atoms with Crippen molar-refractivity contribution in [3.8, 4) is 10.4 Å². The molecule has 25 heavy (non-hydrogen) atoms.